The van der Waals surface area contributed by atoms with Crippen LogP contribution in [-0.4, -0.2) is 47.9 Å². The van der Waals surface area contributed by atoms with E-state index in [0.717, 1.165) is 37.9 Å². The summed E-state index contributed by atoms with van der Waals surface area (Å²) in [4.78, 5) is 30.4. The van der Waals surface area contributed by atoms with Crippen molar-refractivity contribution >= 4 is 28.7 Å². The Morgan fingerprint density at radius 1 is 1.33 bits per heavy atom. The van der Waals surface area contributed by atoms with Crippen LogP contribution in [0.2, 0.25) is 0 Å². The number of amides is 1. The number of ketones is 1. The summed E-state index contributed by atoms with van der Waals surface area (Å²) in [5.74, 6) is -0.298. The van der Waals surface area contributed by atoms with Gasteiger partial charge in [-0.1, -0.05) is 12.1 Å². The summed E-state index contributed by atoms with van der Waals surface area (Å²) >= 11 is 1.48. The third kappa shape index (κ3) is 4.25. The number of benzene rings is 1. The number of anilines is 1. The van der Waals surface area contributed by atoms with Crippen molar-refractivity contribution in [2.24, 2.45) is 0 Å². The fraction of sp³-hybridized carbons (Fsp3) is 0.353. The second-order valence-corrected chi connectivity index (χ2v) is 6.55. The number of thiazole rings is 1. The van der Waals surface area contributed by atoms with Crippen LogP contribution in [0.3, 0.4) is 0 Å². The predicted octanol–water partition coefficient (Wildman–Crippen LogP) is 2.43. The second-order valence-electron chi connectivity index (χ2n) is 5.61. The Bertz CT molecular complexity index is 738. The van der Waals surface area contributed by atoms with Crippen molar-refractivity contribution < 1.29 is 14.3 Å². The van der Waals surface area contributed by atoms with Crippen molar-refractivity contribution in [1.82, 2.24) is 9.88 Å². The maximum absolute atomic E-state index is 12.3. The molecule has 1 fully saturated rings. The molecule has 24 heavy (non-hydrogen) atoms. The van der Waals surface area contributed by atoms with Gasteiger partial charge in [0.2, 0.25) is 0 Å². The Morgan fingerprint density at radius 3 is 2.88 bits per heavy atom. The topological polar surface area (TPSA) is 71.5 Å². The van der Waals surface area contributed by atoms with Gasteiger partial charge in [-0.05, 0) is 19.1 Å². The molecular formula is C17H19N3O3S. The van der Waals surface area contributed by atoms with Crippen LogP contribution >= 0.6 is 11.3 Å². The normalized spacial score (nSPS) is 15.2. The third-order valence-corrected chi connectivity index (χ3v) is 4.61. The molecule has 126 valence electrons. The Hall–Kier alpha value is -2.09. The van der Waals surface area contributed by atoms with E-state index in [2.05, 4.69) is 15.2 Å². The van der Waals surface area contributed by atoms with Crippen LogP contribution in [0.1, 0.15) is 32.8 Å². The highest BCUT2D eigenvalue weighted by Gasteiger charge is 2.15. The minimum Gasteiger partial charge on any atom is -0.379 e. The first-order chi connectivity index (χ1) is 11.6. The van der Waals surface area contributed by atoms with Gasteiger partial charge in [0.05, 0.1) is 19.8 Å². The maximum Gasteiger partial charge on any atom is 0.275 e. The molecular weight excluding hydrogens is 326 g/mol. The van der Waals surface area contributed by atoms with Crippen molar-refractivity contribution in [1.29, 1.82) is 0 Å². The lowest BCUT2D eigenvalue weighted by Crippen LogP contribution is -2.35. The predicted molar refractivity (Wildman–Crippen MR) is 92.6 cm³/mol. The molecule has 1 N–H and O–H groups in total. The molecule has 1 aliphatic heterocycles. The molecule has 7 heteroatoms. The fourth-order valence-corrected chi connectivity index (χ4v) is 3.27. The van der Waals surface area contributed by atoms with Crippen LogP contribution < -0.4 is 5.32 Å². The minimum absolute atomic E-state index is 0.0347. The molecule has 3 rings (SSSR count). The Balaban J connectivity index is 1.63. The van der Waals surface area contributed by atoms with E-state index in [4.69, 9.17) is 4.74 Å². The van der Waals surface area contributed by atoms with Gasteiger partial charge in [0.15, 0.2) is 5.78 Å². The molecule has 6 nitrogen and oxygen atoms in total. The van der Waals surface area contributed by atoms with E-state index in [9.17, 15) is 9.59 Å². The standard InChI is InChI=1S/C17H19N3O3S/c1-12(21)13-3-2-4-14(9-13)18-17(22)15-11-24-16(19-15)10-20-5-7-23-8-6-20/h2-4,9,11H,5-8,10H2,1H3,(H,18,22). The number of nitrogens with zero attached hydrogens (tertiary/aromatic N) is 2. The lowest BCUT2D eigenvalue weighted by molar-refractivity contribution is 0.0341. The van der Waals surface area contributed by atoms with E-state index in [1.807, 2.05) is 0 Å². The van der Waals surface area contributed by atoms with E-state index in [0.29, 0.717) is 16.9 Å². The highest BCUT2D eigenvalue weighted by molar-refractivity contribution is 7.09. The van der Waals surface area contributed by atoms with Crippen molar-refractivity contribution in [2.45, 2.75) is 13.5 Å². The average Bonchev–Trinajstić information content (AvgIpc) is 3.04. The van der Waals surface area contributed by atoms with Gasteiger partial charge in [0.1, 0.15) is 10.7 Å². The van der Waals surface area contributed by atoms with E-state index < -0.39 is 0 Å². The van der Waals surface area contributed by atoms with E-state index in [-0.39, 0.29) is 11.7 Å². The molecule has 0 radical (unpaired) electrons. The zero-order valence-electron chi connectivity index (χ0n) is 13.4. The van der Waals surface area contributed by atoms with Crippen LogP contribution in [0.4, 0.5) is 5.69 Å². The van der Waals surface area contributed by atoms with Crippen LogP contribution in [0.25, 0.3) is 0 Å². The number of carbonyl (C=O) groups is 2. The quantitative estimate of drug-likeness (QED) is 0.843. The van der Waals surface area contributed by atoms with Gasteiger partial charge in [-0.3, -0.25) is 14.5 Å². The van der Waals surface area contributed by atoms with Crippen molar-refractivity contribution in [3.8, 4) is 0 Å². The van der Waals surface area contributed by atoms with Gasteiger partial charge in [-0.15, -0.1) is 11.3 Å². The first-order valence-corrected chi connectivity index (χ1v) is 8.66. The van der Waals surface area contributed by atoms with Crippen LogP contribution in [0, 0.1) is 0 Å². The summed E-state index contributed by atoms with van der Waals surface area (Å²) in [5.41, 5.74) is 1.56. The van der Waals surface area contributed by atoms with Gasteiger partial charge in [0, 0.05) is 29.7 Å². The lowest BCUT2D eigenvalue weighted by Gasteiger charge is -2.25. The van der Waals surface area contributed by atoms with Crippen LogP contribution in [-0.2, 0) is 11.3 Å². The summed E-state index contributed by atoms with van der Waals surface area (Å²) in [6.45, 7) is 5.49. The summed E-state index contributed by atoms with van der Waals surface area (Å²) < 4.78 is 5.33. The van der Waals surface area contributed by atoms with Crippen molar-refractivity contribution in [2.75, 3.05) is 31.6 Å². The van der Waals surface area contributed by atoms with Crippen molar-refractivity contribution in [3.05, 3.63) is 45.9 Å². The fourth-order valence-electron chi connectivity index (χ4n) is 2.45. The number of rotatable bonds is 5. The molecule has 1 aromatic carbocycles. The van der Waals surface area contributed by atoms with Gasteiger partial charge in [0.25, 0.3) is 5.91 Å². The Morgan fingerprint density at radius 2 is 2.12 bits per heavy atom. The second kappa shape index (κ2) is 7.65. The van der Waals surface area contributed by atoms with E-state index in [1.165, 1.54) is 18.3 Å². The number of hydrogen-bond donors (Lipinski definition) is 1. The van der Waals surface area contributed by atoms with Gasteiger partial charge >= 0.3 is 0 Å². The Labute approximate surface area is 144 Å². The number of morpholine rings is 1. The maximum atomic E-state index is 12.3. The summed E-state index contributed by atoms with van der Waals surface area (Å²) in [7, 11) is 0. The number of carbonyl (C=O) groups excluding carboxylic acids is 2. The van der Waals surface area contributed by atoms with E-state index >= 15 is 0 Å². The molecule has 1 amide bonds. The molecule has 0 atom stereocenters. The molecule has 0 bridgehead atoms. The molecule has 2 aromatic rings. The third-order valence-electron chi connectivity index (χ3n) is 3.77. The van der Waals surface area contributed by atoms with Crippen LogP contribution in [0.5, 0.6) is 0 Å². The highest BCUT2D eigenvalue weighted by atomic mass is 32.1. The molecule has 0 unspecified atom stereocenters. The van der Waals surface area contributed by atoms with Gasteiger partial charge in [-0.25, -0.2) is 4.98 Å². The first-order valence-electron chi connectivity index (χ1n) is 7.78. The minimum atomic E-state index is -0.264. The smallest absolute Gasteiger partial charge is 0.275 e. The largest absolute Gasteiger partial charge is 0.379 e. The lowest BCUT2D eigenvalue weighted by atomic mass is 10.1. The molecule has 0 saturated carbocycles. The van der Waals surface area contributed by atoms with Crippen LogP contribution in [0.15, 0.2) is 29.6 Å². The molecule has 1 aromatic heterocycles. The first kappa shape index (κ1) is 16.8. The molecule has 2 heterocycles. The SMILES string of the molecule is CC(=O)c1cccc(NC(=O)c2csc(CN3CCOCC3)n2)c1. The molecule has 0 aliphatic carbocycles. The molecule has 0 spiro atoms. The zero-order valence-corrected chi connectivity index (χ0v) is 14.3. The Kier molecular flexibility index (Phi) is 5.34. The van der Waals surface area contributed by atoms with Gasteiger partial charge < -0.3 is 10.1 Å². The number of ether oxygens (including phenoxy) is 1. The number of hydrogen-bond acceptors (Lipinski definition) is 6. The highest BCUT2D eigenvalue weighted by Crippen LogP contribution is 2.16. The summed E-state index contributed by atoms with van der Waals surface area (Å²) in [6, 6.07) is 6.89. The summed E-state index contributed by atoms with van der Waals surface area (Å²) in [5, 5.41) is 5.47. The van der Waals surface area contributed by atoms with E-state index in [1.54, 1.807) is 29.6 Å². The monoisotopic (exact) mass is 345 g/mol. The molecule has 1 aliphatic rings. The number of Topliss-reactive ketones (excluding diaryl/α,β-unsaturated/α-hetero) is 1. The number of nitrogens with one attached hydrogen (secondary N) is 1. The van der Waals surface area contributed by atoms with Crippen molar-refractivity contribution in [3.63, 3.8) is 0 Å². The molecule has 1 saturated heterocycles. The average molecular weight is 345 g/mol. The number of aromatic nitrogens is 1. The summed E-state index contributed by atoms with van der Waals surface area (Å²) in [6.07, 6.45) is 0. The zero-order chi connectivity index (χ0) is 16.9. The van der Waals surface area contributed by atoms with Gasteiger partial charge in [-0.2, -0.15) is 0 Å².